The highest BCUT2D eigenvalue weighted by Crippen LogP contribution is 2.13. The lowest BCUT2D eigenvalue weighted by Gasteiger charge is -2.28. The summed E-state index contributed by atoms with van der Waals surface area (Å²) < 4.78 is 0. The molecular formula is C7H13N3O2. The predicted octanol–water partition coefficient (Wildman–Crippen LogP) is -0.789. The van der Waals surface area contributed by atoms with E-state index in [1.54, 1.807) is 0 Å². The Morgan fingerprint density at radius 1 is 1.58 bits per heavy atom. The van der Waals surface area contributed by atoms with Crippen molar-refractivity contribution < 1.29 is 9.90 Å². The van der Waals surface area contributed by atoms with Gasteiger partial charge < -0.3 is 10.4 Å². The van der Waals surface area contributed by atoms with Crippen molar-refractivity contribution in [3.05, 3.63) is 0 Å². The smallest absolute Gasteiger partial charge is 0.408 e. The number of piperazine rings is 1. The summed E-state index contributed by atoms with van der Waals surface area (Å²) in [5, 5.41) is 12.0. The Balaban J connectivity index is 1.98. The molecule has 2 aliphatic heterocycles. The summed E-state index contributed by atoms with van der Waals surface area (Å²) in [5.74, 6) is 0. The summed E-state index contributed by atoms with van der Waals surface area (Å²) in [6.45, 7) is 4.10. The van der Waals surface area contributed by atoms with Gasteiger partial charge in [0.05, 0.1) is 6.67 Å². The summed E-state index contributed by atoms with van der Waals surface area (Å²) in [6.07, 6.45) is -0.801. The molecule has 0 saturated carbocycles. The van der Waals surface area contributed by atoms with Gasteiger partial charge in [0.15, 0.2) is 0 Å². The number of hydrogen-bond donors (Lipinski definition) is 2. The lowest BCUT2D eigenvalue weighted by atomic mass is 10.2. The van der Waals surface area contributed by atoms with Gasteiger partial charge in [-0.1, -0.05) is 0 Å². The maximum atomic E-state index is 10.6. The van der Waals surface area contributed by atoms with Gasteiger partial charge in [0, 0.05) is 32.2 Å². The van der Waals surface area contributed by atoms with Crippen LogP contribution in [-0.2, 0) is 0 Å². The number of fused-ring (bicyclic) bond motifs is 1. The van der Waals surface area contributed by atoms with E-state index < -0.39 is 6.09 Å². The van der Waals surface area contributed by atoms with E-state index in [9.17, 15) is 4.79 Å². The second-order valence-electron chi connectivity index (χ2n) is 3.32. The highest BCUT2D eigenvalue weighted by atomic mass is 16.4. The quantitative estimate of drug-likeness (QED) is 0.501. The first kappa shape index (κ1) is 7.82. The number of carboxylic acid groups (broad SMARTS) is 1. The van der Waals surface area contributed by atoms with Gasteiger partial charge in [0.1, 0.15) is 0 Å². The van der Waals surface area contributed by atoms with E-state index in [0.29, 0.717) is 19.3 Å². The van der Waals surface area contributed by atoms with Crippen molar-refractivity contribution in [3.63, 3.8) is 0 Å². The van der Waals surface area contributed by atoms with Crippen molar-refractivity contribution in [2.45, 2.75) is 6.04 Å². The summed E-state index contributed by atoms with van der Waals surface area (Å²) >= 11 is 0. The molecule has 0 aromatic carbocycles. The standard InChI is InChI=1S/C7H13N3O2/c11-7(12)10-4-6-3-8-1-2-9(6)5-10/h6,8H,1-5H2,(H,11,12). The average molecular weight is 171 g/mol. The van der Waals surface area contributed by atoms with Crippen LogP contribution in [-0.4, -0.2) is 59.9 Å². The third-order valence-electron chi connectivity index (χ3n) is 2.53. The van der Waals surface area contributed by atoms with Gasteiger partial charge in [0.2, 0.25) is 0 Å². The Hall–Kier alpha value is -0.810. The molecule has 5 heteroatoms. The number of amides is 1. The molecule has 68 valence electrons. The van der Waals surface area contributed by atoms with Gasteiger partial charge in [-0.25, -0.2) is 4.79 Å². The highest BCUT2D eigenvalue weighted by molar-refractivity contribution is 5.65. The first-order valence-corrected chi connectivity index (χ1v) is 4.20. The fourth-order valence-corrected chi connectivity index (χ4v) is 1.84. The van der Waals surface area contributed by atoms with Crippen LogP contribution in [0.4, 0.5) is 4.79 Å². The van der Waals surface area contributed by atoms with Crippen LogP contribution in [0.15, 0.2) is 0 Å². The molecule has 0 aromatic rings. The summed E-state index contributed by atoms with van der Waals surface area (Å²) in [4.78, 5) is 14.3. The van der Waals surface area contributed by atoms with Crippen LogP contribution < -0.4 is 5.32 Å². The summed E-state index contributed by atoms with van der Waals surface area (Å²) in [6, 6.07) is 0.398. The van der Waals surface area contributed by atoms with Crippen LogP contribution in [0.2, 0.25) is 0 Å². The molecule has 1 amide bonds. The molecule has 2 N–H and O–H groups in total. The molecule has 1 atom stereocenters. The zero-order valence-electron chi connectivity index (χ0n) is 6.86. The van der Waals surface area contributed by atoms with Crippen LogP contribution >= 0.6 is 0 Å². The molecule has 0 spiro atoms. The normalized spacial score (nSPS) is 30.3. The molecule has 2 heterocycles. The van der Waals surface area contributed by atoms with Crippen molar-refractivity contribution in [3.8, 4) is 0 Å². The van der Waals surface area contributed by atoms with Gasteiger partial charge in [-0.15, -0.1) is 0 Å². The van der Waals surface area contributed by atoms with E-state index in [-0.39, 0.29) is 0 Å². The highest BCUT2D eigenvalue weighted by Gasteiger charge is 2.33. The average Bonchev–Trinajstić information content (AvgIpc) is 2.46. The van der Waals surface area contributed by atoms with Gasteiger partial charge >= 0.3 is 6.09 Å². The monoisotopic (exact) mass is 171 g/mol. The fourth-order valence-electron chi connectivity index (χ4n) is 1.84. The third kappa shape index (κ3) is 1.25. The second kappa shape index (κ2) is 2.91. The molecule has 0 radical (unpaired) electrons. The summed E-state index contributed by atoms with van der Waals surface area (Å²) in [7, 11) is 0. The SMILES string of the molecule is O=C(O)N1CC2CNCCN2C1. The predicted molar refractivity (Wildman–Crippen MR) is 43.0 cm³/mol. The van der Waals surface area contributed by atoms with Crippen LogP contribution in [0.3, 0.4) is 0 Å². The molecule has 5 nitrogen and oxygen atoms in total. The van der Waals surface area contributed by atoms with Crippen molar-refractivity contribution in [2.75, 3.05) is 32.8 Å². The Kier molecular flexibility index (Phi) is 1.90. The van der Waals surface area contributed by atoms with Crippen LogP contribution in [0.5, 0.6) is 0 Å². The lowest BCUT2D eigenvalue weighted by Crippen LogP contribution is -2.48. The fraction of sp³-hybridized carbons (Fsp3) is 0.857. The van der Waals surface area contributed by atoms with Crippen LogP contribution in [0, 0.1) is 0 Å². The van der Waals surface area contributed by atoms with Gasteiger partial charge in [-0.05, 0) is 0 Å². The Morgan fingerprint density at radius 3 is 3.08 bits per heavy atom. The van der Waals surface area contributed by atoms with Crippen molar-refractivity contribution in [1.29, 1.82) is 0 Å². The Bertz CT molecular complexity index is 183. The van der Waals surface area contributed by atoms with E-state index >= 15 is 0 Å². The minimum Gasteiger partial charge on any atom is -0.465 e. The van der Waals surface area contributed by atoms with E-state index in [4.69, 9.17) is 5.11 Å². The molecular weight excluding hydrogens is 158 g/mol. The number of hydrogen-bond acceptors (Lipinski definition) is 3. The second-order valence-corrected chi connectivity index (χ2v) is 3.32. The molecule has 2 rings (SSSR count). The zero-order chi connectivity index (χ0) is 8.55. The molecule has 2 fully saturated rings. The number of carbonyl (C=O) groups is 1. The minimum atomic E-state index is -0.801. The van der Waals surface area contributed by atoms with Gasteiger partial charge in [0.25, 0.3) is 0 Å². The van der Waals surface area contributed by atoms with Crippen molar-refractivity contribution in [1.82, 2.24) is 15.1 Å². The lowest BCUT2D eigenvalue weighted by molar-refractivity contribution is 0.144. The number of rotatable bonds is 0. The molecule has 12 heavy (non-hydrogen) atoms. The molecule has 0 aliphatic carbocycles. The third-order valence-corrected chi connectivity index (χ3v) is 2.53. The minimum absolute atomic E-state index is 0.398. The van der Waals surface area contributed by atoms with Crippen LogP contribution in [0.25, 0.3) is 0 Å². The molecule has 2 aliphatic rings. The zero-order valence-corrected chi connectivity index (χ0v) is 6.86. The summed E-state index contributed by atoms with van der Waals surface area (Å²) in [5.41, 5.74) is 0. The molecule has 1 unspecified atom stereocenters. The molecule has 2 saturated heterocycles. The van der Waals surface area contributed by atoms with E-state index in [1.807, 2.05) is 0 Å². The molecule has 0 bridgehead atoms. The van der Waals surface area contributed by atoms with Gasteiger partial charge in [-0.3, -0.25) is 9.80 Å². The van der Waals surface area contributed by atoms with Crippen molar-refractivity contribution >= 4 is 6.09 Å². The Labute approximate surface area is 70.9 Å². The first-order valence-electron chi connectivity index (χ1n) is 4.20. The van der Waals surface area contributed by atoms with Crippen molar-refractivity contribution in [2.24, 2.45) is 0 Å². The molecule has 0 aromatic heterocycles. The first-order chi connectivity index (χ1) is 5.77. The van der Waals surface area contributed by atoms with E-state index in [2.05, 4.69) is 10.2 Å². The largest absolute Gasteiger partial charge is 0.465 e. The number of nitrogens with one attached hydrogen (secondary N) is 1. The maximum absolute atomic E-state index is 10.6. The number of nitrogens with zero attached hydrogens (tertiary/aromatic N) is 2. The topological polar surface area (TPSA) is 55.8 Å². The van der Waals surface area contributed by atoms with Gasteiger partial charge in [-0.2, -0.15) is 0 Å². The maximum Gasteiger partial charge on any atom is 0.408 e. The Morgan fingerprint density at radius 2 is 2.42 bits per heavy atom. The van der Waals surface area contributed by atoms with E-state index in [1.165, 1.54) is 4.90 Å². The van der Waals surface area contributed by atoms with Crippen LogP contribution in [0.1, 0.15) is 0 Å². The van der Waals surface area contributed by atoms with E-state index in [0.717, 1.165) is 19.6 Å².